The van der Waals surface area contributed by atoms with E-state index in [0.29, 0.717) is 22.2 Å². The molecule has 0 unspecified atom stereocenters. The lowest BCUT2D eigenvalue weighted by molar-refractivity contribution is 0.0702. The van der Waals surface area contributed by atoms with Gasteiger partial charge in [-0.05, 0) is 48.3 Å². The first-order chi connectivity index (χ1) is 12.3. The molecule has 2 fully saturated rings. The molecule has 1 saturated carbocycles. The van der Waals surface area contributed by atoms with Gasteiger partial charge in [0, 0.05) is 23.2 Å². The molecule has 136 valence electrons. The molecule has 2 bridgehead atoms. The van der Waals surface area contributed by atoms with E-state index < -0.39 is 0 Å². The lowest BCUT2D eigenvalue weighted by Crippen LogP contribution is -2.38. The van der Waals surface area contributed by atoms with E-state index in [0.717, 1.165) is 30.6 Å². The van der Waals surface area contributed by atoms with Gasteiger partial charge < -0.3 is 4.90 Å². The molecule has 2 atom stereocenters. The van der Waals surface area contributed by atoms with Crippen LogP contribution in [-0.4, -0.2) is 28.4 Å². The van der Waals surface area contributed by atoms with E-state index in [9.17, 15) is 4.79 Å². The number of carbonyl (C=O) groups is 1. The number of fused-ring (bicyclic) bond motifs is 2. The molecule has 1 amide bonds. The molecule has 4 rings (SSSR count). The first kappa shape index (κ1) is 17.5. The van der Waals surface area contributed by atoms with Gasteiger partial charge >= 0.3 is 0 Å². The summed E-state index contributed by atoms with van der Waals surface area (Å²) < 4.78 is 0. The normalized spacial score (nSPS) is 26.8. The van der Waals surface area contributed by atoms with Crippen LogP contribution in [0.3, 0.4) is 0 Å². The number of amides is 1. The second-order valence-corrected chi connectivity index (χ2v) is 9.44. The largest absolute Gasteiger partial charge is 0.334 e. The molecule has 0 N–H and O–H groups in total. The van der Waals surface area contributed by atoms with E-state index in [1.54, 1.807) is 0 Å². The Labute approximate surface area is 160 Å². The Hall–Kier alpha value is -1.87. The van der Waals surface area contributed by atoms with Gasteiger partial charge in [0.15, 0.2) is 0 Å². The third kappa shape index (κ3) is 3.14. The standard InChI is InChI=1S/C22H25ClN2O/c1-21(2)11-15-12-22(3,13-21)14-25(15)20(26)19-10-6-9-18(24-19)16-7-4-5-8-17(16)23/h4-10,15H,11-14H2,1-3H3/t15-,22-/m1/s1. The molecule has 1 aliphatic heterocycles. The Balaban J connectivity index is 1.64. The third-order valence-electron chi connectivity index (χ3n) is 5.79. The van der Waals surface area contributed by atoms with Gasteiger partial charge in [0.1, 0.15) is 5.69 Å². The minimum Gasteiger partial charge on any atom is -0.334 e. The monoisotopic (exact) mass is 368 g/mol. The van der Waals surface area contributed by atoms with Crippen molar-refractivity contribution >= 4 is 17.5 Å². The quantitative estimate of drug-likeness (QED) is 0.706. The molecule has 1 saturated heterocycles. The maximum Gasteiger partial charge on any atom is 0.272 e. The van der Waals surface area contributed by atoms with Gasteiger partial charge in [0.25, 0.3) is 5.91 Å². The second kappa shape index (κ2) is 6.09. The first-order valence-corrected chi connectivity index (χ1v) is 9.67. The minimum atomic E-state index is 0.0466. The molecular formula is C22H25ClN2O. The summed E-state index contributed by atoms with van der Waals surface area (Å²) in [5.41, 5.74) is 2.63. The lowest BCUT2D eigenvalue weighted by Gasteiger charge is -2.39. The van der Waals surface area contributed by atoms with Crippen LogP contribution in [0.25, 0.3) is 11.3 Å². The van der Waals surface area contributed by atoms with E-state index in [1.807, 2.05) is 42.5 Å². The van der Waals surface area contributed by atoms with Crippen molar-refractivity contribution in [3.05, 3.63) is 53.2 Å². The average Bonchev–Trinajstić information content (AvgIpc) is 2.83. The van der Waals surface area contributed by atoms with Gasteiger partial charge in [0.05, 0.1) is 5.69 Å². The maximum absolute atomic E-state index is 13.2. The van der Waals surface area contributed by atoms with Crippen LogP contribution >= 0.6 is 11.6 Å². The van der Waals surface area contributed by atoms with Crippen LogP contribution in [0.2, 0.25) is 5.02 Å². The van der Waals surface area contributed by atoms with Crippen LogP contribution < -0.4 is 0 Å². The molecular weight excluding hydrogens is 344 g/mol. The van der Waals surface area contributed by atoms with E-state index >= 15 is 0 Å². The topological polar surface area (TPSA) is 33.2 Å². The summed E-state index contributed by atoms with van der Waals surface area (Å²) in [5.74, 6) is 0.0466. The van der Waals surface area contributed by atoms with Crippen molar-refractivity contribution in [2.45, 2.75) is 46.1 Å². The van der Waals surface area contributed by atoms with Crippen molar-refractivity contribution in [2.24, 2.45) is 10.8 Å². The Bertz CT molecular complexity index is 863. The zero-order chi connectivity index (χ0) is 18.5. The van der Waals surface area contributed by atoms with Gasteiger partial charge in [-0.15, -0.1) is 0 Å². The molecule has 1 aromatic heterocycles. The fourth-order valence-corrected chi connectivity index (χ4v) is 5.45. The Kier molecular flexibility index (Phi) is 4.11. The van der Waals surface area contributed by atoms with E-state index in [4.69, 9.17) is 11.6 Å². The average molecular weight is 369 g/mol. The number of rotatable bonds is 2. The molecule has 2 aliphatic rings. The Morgan fingerprint density at radius 3 is 2.65 bits per heavy atom. The SMILES string of the molecule is CC1(C)C[C@@H]2C[C@@](C)(CN2C(=O)c2cccc(-c3ccccc3Cl)n2)C1. The summed E-state index contributed by atoms with van der Waals surface area (Å²) in [4.78, 5) is 20.0. The van der Waals surface area contributed by atoms with Gasteiger partial charge in [0.2, 0.25) is 0 Å². The molecule has 0 radical (unpaired) electrons. The van der Waals surface area contributed by atoms with Crippen LogP contribution in [0.4, 0.5) is 0 Å². The summed E-state index contributed by atoms with van der Waals surface area (Å²) >= 11 is 6.31. The minimum absolute atomic E-state index is 0.0466. The number of hydrogen-bond acceptors (Lipinski definition) is 2. The molecule has 4 heteroatoms. The third-order valence-corrected chi connectivity index (χ3v) is 6.12. The van der Waals surface area contributed by atoms with Gasteiger partial charge in [-0.25, -0.2) is 4.98 Å². The van der Waals surface area contributed by atoms with Crippen LogP contribution in [0.15, 0.2) is 42.5 Å². The van der Waals surface area contributed by atoms with Gasteiger partial charge in [-0.3, -0.25) is 4.79 Å². The first-order valence-electron chi connectivity index (χ1n) is 9.29. The predicted molar refractivity (Wildman–Crippen MR) is 105 cm³/mol. The summed E-state index contributed by atoms with van der Waals surface area (Å²) in [7, 11) is 0. The van der Waals surface area contributed by atoms with Crippen molar-refractivity contribution in [2.75, 3.05) is 6.54 Å². The summed E-state index contributed by atoms with van der Waals surface area (Å²) in [6, 6.07) is 13.6. The second-order valence-electron chi connectivity index (χ2n) is 9.03. The molecule has 1 aromatic carbocycles. The lowest BCUT2D eigenvalue weighted by atomic mass is 9.65. The molecule has 1 aliphatic carbocycles. The fourth-order valence-electron chi connectivity index (χ4n) is 5.22. The highest BCUT2D eigenvalue weighted by Crippen LogP contribution is 2.52. The van der Waals surface area contributed by atoms with Crippen molar-refractivity contribution < 1.29 is 4.79 Å². The van der Waals surface area contributed by atoms with E-state index in [-0.39, 0.29) is 11.3 Å². The number of carbonyl (C=O) groups excluding carboxylic acids is 1. The van der Waals surface area contributed by atoms with Crippen LogP contribution in [0, 0.1) is 10.8 Å². The molecule has 26 heavy (non-hydrogen) atoms. The number of halogens is 1. The number of nitrogens with zero attached hydrogens (tertiary/aromatic N) is 2. The van der Waals surface area contributed by atoms with E-state index in [1.165, 1.54) is 6.42 Å². The highest BCUT2D eigenvalue weighted by Gasteiger charge is 2.51. The highest BCUT2D eigenvalue weighted by atomic mass is 35.5. The number of hydrogen-bond donors (Lipinski definition) is 0. The van der Waals surface area contributed by atoms with Crippen LogP contribution in [0.1, 0.15) is 50.5 Å². The Morgan fingerprint density at radius 1 is 1.12 bits per heavy atom. The smallest absolute Gasteiger partial charge is 0.272 e. The van der Waals surface area contributed by atoms with Gasteiger partial charge in [-0.1, -0.05) is 56.6 Å². The summed E-state index contributed by atoms with van der Waals surface area (Å²) in [6.45, 7) is 7.79. The predicted octanol–water partition coefficient (Wildman–Crippen LogP) is 5.44. The highest BCUT2D eigenvalue weighted by molar-refractivity contribution is 6.33. The molecule has 2 aromatic rings. The molecule has 3 nitrogen and oxygen atoms in total. The van der Waals surface area contributed by atoms with Crippen molar-refractivity contribution in [3.63, 3.8) is 0 Å². The molecule has 0 spiro atoms. The van der Waals surface area contributed by atoms with Gasteiger partial charge in [-0.2, -0.15) is 0 Å². The number of pyridine rings is 1. The fraction of sp³-hybridized carbons (Fsp3) is 0.455. The zero-order valence-electron chi connectivity index (χ0n) is 15.6. The van der Waals surface area contributed by atoms with Crippen molar-refractivity contribution in [3.8, 4) is 11.3 Å². The van der Waals surface area contributed by atoms with Crippen molar-refractivity contribution in [1.29, 1.82) is 0 Å². The number of benzene rings is 1. The Morgan fingerprint density at radius 2 is 1.88 bits per heavy atom. The number of likely N-dealkylation sites (tertiary alicyclic amines) is 1. The zero-order valence-corrected chi connectivity index (χ0v) is 16.4. The van der Waals surface area contributed by atoms with E-state index in [2.05, 4.69) is 30.7 Å². The summed E-state index contributed by atoms with van der Waals surface area (Å²) in [5, 5.41) is 0.649. The molecule has 2 heterocycles. The van der Waals surface area contributed by atoms with Crippen LogP contribution in [-0.2, 0) is 0 Å². The maximum atomic E-state index is 13.2. The van der Waals surface area contributed by atoms with Crippen molar-refractivity contribution in [1.82, 2.24) is 9.88 Å². The summed E-state index contributed by atoms with van der Waals surface area (Å²) in [6.07, 6.45) is 3.35. The number of aromatic nitrogens is 1. The van der Waals surface area contributed by atoms with Crippen LogP contribution in [0.5, 0.6) is 0 Å².